The maximum absolute atomic E-state index is 12.4. The lowest BCUT2D eigenvalue weighted by molar-refractivity contribution is -0.122. The van der Waals surface area contributed by atoms with Gasteiger partial charge in [-0.15, -0.1) is 5.10 Å². The van der Waals surface area contributed by atoms with Gasteiger partial charge in [0.1, 0.15) is 12.3 Å². The van der Waals surface area contributed by atoms with E-state index in [0.29, 0.717) is 18.7 Å². The van der Waals surface area contributed by atoms with Crippen molar-refractivity contribution in [2.45, 2.75) is 31.4 Å². The lowest BCUT2D eigenvalue weighted by Crippen LogP contribution is -2.53. The quantitative estimate of drug-likeness (QED) is 0.405. The van der Waals surface area contributed by atoms with E-state index in [1.165, 1.54) is 16.9 Å². The summed E-state index contributed by atoms with van der Waals surface area (Å²) < 4.78 is 6.58. The molecule has 1 aromatic heterocycles. The molecule has 2 aliphatic rings. The number of nitrogens with one attached hydrogen (secondary N) is 1. The minimum absolute atomic E-state index is 0.0504. The highest BCUT2D eigenvalue weighted by atomic mass is 16.5. The van der Waals surface area contributed by atoms with Crippen LogP contribution in [0.25, 0.3) is 0 Å². The van der Waals surface area contributed by atoms with E-state index in [-0.39, 0.29) is 41.9 Å². The Balaban J connectivity index is 1.37. The van der Waals surface area contributed by atoms with Crippen molar-refractivity contribution in [1.29, 1.82) is 0 Å². The smallest absolute Gasteiger partial charge is 0.534 e. The Labute approximate surface area is 177 Å². The molecule has 5 N–H and O–H groups in total. The molecule has 2 atom stereocenters. The maximum Gasteiger partial charge on any atom is 0.547 e. The summed E-state index contributed by atoms with van der Waals surface area (Å²) in [5, 5.41) is 29.8. The average Bonchev–Trinajstić information content (AvgIpc) is 3.36. The molecule has 0 aliphatic carbocycles. The number of aromatic carboxylic acids is 1. The van der Waals surface area contributed by atoms with Crippen LogP contribution in [0.3, 0.4) is 0 Å². The number of para-hydroxylation sites is 1. The van der Waals surface area contributed by atoms with E-state index in [1.807, 2.05) is 0 Å². The highest BCUT2D eigenvalue weighted by Gasteiger charge is 2.37. The van der Waals surface area contributed by atoms with Crippen molar-refractivity contribution >= 4 is 24.9 Å². The molecular weight excluding hydrogens is 407 g/mol. The van der Waals surface area contributed by atoms with Gasteiger partial charge in [0, 0.05) is 19.1 Å². The Bertz CT molecular complexity index is 1030. The number of likely N-dealkylation sites (tertiary alicyclic amines) is 1. The van der Waals surface area contributed by atoms with Gasteiger partial charge in [0.15, 0.2) is 5.69 Å². The fourth-order valence-corrected chi connectivity index (χ4v) is 3.72. The Kier molecular flexibility index (Phi) is 5.61. The first-order chi connectivity index (χ1) is 14.8. The monoisotopic (exact) mass is 428 g/mol. The number of hydrogen-bond donors (Lipinski definition) is 4. The van der Waals surface area contributed by atoms with E-state index >= 15 is 0 Å². The number of carboxylic acid groups (broad SMARTS) is 1. The number of amides is 2. The first-order valence-corrected chi connectivity index (χ1v) is 9.76. The molecule has 162 valence electrons. The summed E-state index contributed by atoms with van der Waals surface area (Å²) >= 11 is 0. The second kappa shape index (κ2) is 8.36. The summed E-state index contributed by atoms with van der Waals surface area (Å²) in [6.45, 7) is 0.792. The van der Waals surface area contributed by atoms with Crippen LogP contribution in [0.5, 0.6) is 5.75 Å². The number of carboxylic acids is 1. The van der Waals surface area contributed by atoms with Crippen molar-refractivity contribution < 1.29 is 29.2 Å². The van der Waals surface area contributed by atoms with Gasteiger partial charge in [-0.3, -0.25) is 9.59 Å². The lowest BCUT2D eigenvalue weighted by atomic mass is 9.72. The van der Waals surface area contributed by atoms with Crippen LogP contribution < -0.4 is 15.7 Å². The van der Waals surface area contributed by atoms with Crippen LogP contribution in [0.1, 0.15) is 32.8 Å². The highest BCUT2D eigenvalue weighted by molar-refractivity contribution is 6.47. The number of aromatic nitrogens is 3. The zero-order valence-corrected chi connectivity index (χ0v) is 16.5. The summed E-state index contributed by atoms with van der Waals surface area (Å²) in [7, 11) is -1.41. The first kappa shape index (κ1) is 20.8. The second-order valence-electron chi connectivity index (χ2n) is 7.59. The van der Waals surface area contributed by atoms with E-state index in [1.54, 1.807) is 17.0 Å². The number of nitrogens with zero attached hydrogens (tertiary/aromatic N) is 4. The summed E-state index contributed by atoms with van der Waals surface area (Å²) in [5.74, 6) is -2.62. The van der Waals surface area contributed by atoms with Gasteiger partial charge in [-0.05, 0) is 24.5 Å². The summed E-state index contributed by atoms with van der Waals surface area (Å²) in [4.78, 5) is 37.7. The third kappa shape index (κ3) is 4.37. The predicted octanol–water partition coefficient (Wildman–Crippen LogP) is -1.71. The molecule has 12 nitrogen and oxygen atoms in total. The van der Waals surface area contributed by atoms with Crippen LogP contribution in [0.15, 0.2) is 24.4 Å². The average molecular weight is 428 g/mol. The molecular formula is C18H21BN6O6. The largest absolute Gasteiger partial charge is 0.547 e. The maximum atomic E-state index is 12.4. The summed E-state index contributed by atoms with van der Waals surface area (Å²) in [6, 6.07) is 4.58. The fourth-order valence-electron chi connectivity index (χ4n) is 3.72. The van der Waals surface area contributed by atoms with Gasteiger partial charge >= 0.3 is 13.1 Å². The van der Waals surface area contributed by atoms with Crippen LogP contribution in [0.4, 0.5) is 0 Å². The van der Waals surface area contributed by atoms with Gasteiger partial charge < -0.3 is 30.7 Å². The van der Waals surface area contributed by atoms with E-state index in [9.17, 15) is 24.5 Å². The molecule has 31 heavy (non-hydrogen) atoms. The fraction of sp³-hybridized carbons (Fsp3) is 0.389. The van der Waals surface area contributed by atoms with Crippen LogP contribution in [0, 0.1) is 0 Å². The third-order valence-electron chi connectivity index (χ3n) is 5.27. The van der Waals surface area contributed by atoms with Crippen molar-refractivity contribution in [3.8, 4) is 5.75 Å². The van der Waals surface area contributed by atoms with E-state index in [2.05, 4.69) is 15.6 Å². The van der Waals surface area contributed by atoms with Gasteiger partial charge in [-0.25, -0.2) is 9.48 Å². The first-order valence-electron chi connectivity index (χ1n) is 9.76. The Morgan fingerprint density at radius 3 is 2.87 bits per heavy atom. The van der Waals surface area contributed by atoms with Crippen molar-refractivity contribution in [3.05, 3.63) is 41.2 Å². The van der Waals surface area contributed by atoms with E-state index < -0.39 is 24.9 Å². The van der Waals surface area contributed by atoms with Crippen molar-refractivity contribution in [2.24, 2.45) is 5.73 Å². The number of fused-ring (bicyclic) bond motifs is 1. The Hall–Kier alpha value is -3.45. The Morgan fingerprint density at radius 2 is 2.16 bits per heavy atom. The molecule has 2 aromatic rings. The number of carbonyl (C=O) groups excluding carboxylic acids is 2. The molecule has 13 heteroatoms. The second-order valence-corrected chi connectivity index (χ2v) is 7.59. The van der Waals surface area contributed by atoms with Crippen molar-refractivity contribution in [1.82, 2.24) is 25.2 Å². The van der Waals surface area contributed by atoms with E-state index in [0.717, 1.165) is 6.42 Å². The molecule has 2 amide bonds. The molecule has 4 rings (SSSR count). The predicted molar refractivity (Wildman–Crippen MR) is 106 cm³/mol. The molecule has 1 saturated heterocycles. The summed E-state index contributed by atoms with van der Waals surface area (Å²) in [5.41, 5.74) is 6.45. The molecule has 3 heterocycles. The molecule has 2 aliphatic heterocycles. The number of carbonyl (C=O) groups is 3. The molecule has 0 radical (unpaired) electrons. The van der Waals surface area contributed by atoms with Gasteiger partial charge in [0.25, 0.3) is 5.91 Å². The summed E-state index contributed by atoms with van der Waals surface area (Å²) in [6.07, 6.45) is 2.30. The van der Waals surface area contributed by atoms with Crippen LogP contribution in [-0.4, -0.2) is 80.0 Å². The van der Waals surface area contributed by atoms with Crippen LogP contribution in [-0.2, 0) is 17.8 Å². The normalized spacial score (nSPS) is 20.2. The minimum atomic E-state index is -1.41. The van der Waals surface area contributed by atoms with E-state index in [4.69, 9.17) is 10.4 Å². The molecule has 0 spiro atoms. The van der Waals surface area contributed by atoms with Gasteiger partial charge in [0.2, 0.25) is 5.91 Å². The Morgan fingerprint density at radius 1 is 1.35 bits per heavy atom. The number of hydrogen-bond acceptors (Lipinski definition) is 8. The number of rotatable bonds is 5. The van der Waals surface area contributed by atoms with Crippen LogP contribution >= 0.6 is 0 Å². The van der Waals surface area contributed by atoms with Gasteiger partial charge in [-0.1, -0.05) is 17.3 Å². The molecule has 1 aromatic carbocycles. The zero-order chi connectivity index (χ0) is 22.1. The molecule has 0 bridgehead atoms. The SMILES string of the molecule is NC1CCN(C(=O)c2cn(CC(=O)NC3Cc4cccc(C(=O)O)c4OB3O)nn2)C1. The highest BCUT2D eigenvalue weighted by Crippen LogP contribution is 2.30. The zero-order valence-electron chi connectivity index (χ0n) is 16.5. The topological polar surface area (TPSA) is 173 Å². The molecule has 1 fully saturated rings. The van der Waals surface area contributed by atoms with Crippen molar-refractivity contribution in [2.75, 3.05) is 13.1 Å². The standard InChI is InChI=1S/C18H21BN6O6/c20-11-4-5-24(7-11)17(27)13-8-25(23-22-13)9-15(26)21-14-6-10-2-1-3-12(18(28)29)16(10)31-19(14)30/h1-3,8,11,14,30H,4-7,9,20H2,(H,21,26)(H,28,29). The third-order valence-corrected chi connectivity index (χ3v) is 5.27. The van der Waals surface area contributed by atoms with Gasteiger partial charge in [0.05, 0.1) is 17.7 Å². The molecule has 0 saturated carbocycles. The van der Waals surface area contributed by atoms with Gasteiger partial charge in [-0.2, -0.15) is 0 Å². The lowest BCUT2D eigenvalue weighted by Gasteiger charge is -2.28. The van der Waals surface area contributed by atoms with Crippen LogP contribution in [0.2, 0.25) is 0 Å². The molecule has 2 unspecified atom stereocenters. The number of nitrogens with two attached hydrogens (primary N) is 1. The van der Waals surface area contributed by atoms with Crippen molar-refractivity contribution in [3.63, 3.8) is 0 Å². The number of benzene rings is 1. The minimum Gasteiger partial charge on any atom is -0.534 e.